The van der Waals surface area contributed by atoms with Crippen molar-refractivity contribution in [3.05, 3.63) is 17.7 Å². The lowest BCUT2D eigenvalue weighted by Crippen LogP contribution is -2.02. The number of hydrogen-bond acceptors (Lipinski definition) is 4. The molecule has 1 rings (SSSR count). The minimum Gasteiger partial charge on any atom is -0.507 e. The molecule has 0 atom stereocenters. The van der Waals surface area contributed by atoms with Gasteiger partial charge in [0.25, 0.3) is 0 Å². The first-order chi connectivity index (χ1) is 6.57. The first-order valence-corrected chi connectivity index (χ1v) is 4.10. The summed E-state index contributed by atoms with van der Waals surface area (Å²) in [6.45, 7) is 2.37. The third-order valence-corrected chi connectivity index (χ3v) is 1.74. The van der Waals surface area contributed by atoms with Crippen LogP contribution in [0.2, 0.25) is 0 Å². The Labute approximate surface area is 80.6 Å². The number of nitrogens with one attached hydrogen (secondary N) is 1. The summed E-state index contributed by atoms with van der Waals surface area (Å²) in [4.78, 5) is 10.7. The van der Waals surface area contributed by atoms with E-state index >= 15 is 0 Å². The topological polar surface area (TPSA) is 89.8 Å². The molecule has 0 aliphatic carbocycles. The van der Waals surface area contributed by atoms with E-state index in [1.165, 1.54) is 12.1 Å². The molecule has 5 nitrogen and oxygen atoms in total. The van der Waals surface area contributed by atoms with Gasteiger partial charge in [0, 0.05) is 6.54 Å². The van der Waals surface area contributed by atoms with E-state index in [2.05, 4.69) is 5.32 Å². The van der Waals surface area contributed by atoms with Crippen molar-refractivity contribution in [2.24, 2.45) is 0 Å². The lowest BCUT2D eigenvalue weighted by Gasteiger charge is -2.09. The van der Waals surface area contributed by atoms with E-state index in [1.807, 2.05) is 6.92 Å². The van der Waals surface area contributed by atoms with Gasteiger partial charge in [-0.05, 0) is 19.1 Å². The molecular weight excluding hydrogens is 186 g/mol. The second kappa shape index (κ2) is 3.87. The number of anilines is 1. The molecule has 0 bridgehead atoms. The second-order valence-corrected chi connectivity index (χ2v) is 2.69. The lowest BCUT2D eigenvalue weighted by atomic mass is 10.1. The number of aromatic carboxylic acids is 1. The number of carboxylic acids is 1. The highest BCUT2D eigenvalue weighted by molar-refractivity contribution is 5.96. The van der Waals surface area contributed by atoms with Gasteiger partial charge in [0.2, 0.25) is 0 Å². The number of rotatable bonds is 3. The molecule has 4 N–H and O–H groups in total. The fourth-order valence-corrected chi connectivity index (χ4v) is 1.12. The molecule has 0 unspecified atom stereocenters. The Morgan fingerprint density at radius 3 is 2.57 bits per heavy atom. The van der Waals surface area contributed by atoms with Gasteiger partial charge in [-0.25, -0.2) is 4.79 Å². The van der Waals surface area contributed by atoms with E-state index in [-0.39, 0.29) is 0 Å². The van der Waals surface area contributed by atoms with Crippen LogP contribution in [-0.2, 0) is 0 Å². The Morgan fingerprint density at radius 2 is 2.07 bits per heavy atom. The third kappa shape index (κ3) is 1.71. The van der Waals surface area contributed by atoms with Gasteiger partial charge in [0.1, 0.15) is 11.3 Å². The average molecular weight is 197 g/mol. The molecule has 5 heteroatoms. The van der Waals surface area contributed by atoms with E-state index in [9.17, 15) is 15.0 Å². The Kier molecular flexibility index (Phi) is 2.81. The van der Waals surface area contributed by atoms with Gasteiger partial charge in [-0.3, -0.25) is 0 Å². The number of hydrogen-bond donors (Lipinski definition) is 4. The molecule has 14 heavy (non-hydrogen) atoms. The molecule has 1 aromatic rings. The predicted octanol–water partition coefficient (Wildman–Crippen LogP) is 1.23. The van der Waals surface area contributed by atoms with Crippen LogP contribution >= 0.6 is 0 Å². The Balaban J connectivity index is 3.26. The molecule has 0 saturated carbocycles. The SMILES string of the molecule is CCNc1ccc(O)c(C(=O)O)c1O. The van der Waals surface area contributed by atoms with E-state index in [1.54, 1.807) is 0 Å². The van der Waals surface area contributed by atoms with Gasteiger partial charge in [-0.2, -0.15) is 0 Å². The lowest BCUT2D eigenvalue weighted by molar-refractivity contribution is 0.0690. The molecule has 0 heterocycles. The van der Waals surface area contributed by atoms with Crippen molar-refractivity contribution in [2.75, 3.05) is 11.9 Å². The van der Waals surface area contributed by atoms with E-state index in [0.717, 1.165) is 0 Å². The zero-order valence-corrected chi connectivity index (χ0v) is 7.61. The molecule has 0 aliphatic heterocycles. The monoisotopic (exact) mass is 197 g/mol. The van der Waals surface area contributed by atoms with Crippen LogP contribution in [0.3, 0.4) is 0 Å². The van der Waals surface area contributed by atoms with E-state index in [0.29, 0.717) is 12.2 Å². The number of benzene rings is 1. The second-order valence-electron chi connectivity index (χ2n) is 2.69. The number of aromatic hydroxyl groups is 2. The number of phenols is 2. The van der Waals surface area contributed by atoms with Crippen LogP contribution in [0.15, 0.2) is 12.1 Å². The van der Waals surface area contributed by atoms with Crippen LogP contribution in [0.1, 0.15) is 17.3 Å². The highest BCUT2D eigenvalue weighted by Gasteiger charge is 2.17. The average Bonchev–Trinajstić information content (AvgIpc) is 2.10. The summed E-state index contributed by atoms with van der Waals surface area (Å²) in [6, 6.07) is 2.64. The highest BCUT2D eigenvalue weighted by Crippen LogP contribution is 2.33. The van der Waals surface area contributed by atoms with Crippen molar-refractivity contribution in [1.29, 1.82) is 0 Å². The molecule has 0 radical (unpaired) electrons. The van der Waals surface area contributed by atoms with Crippen molar-refractivity contribution < 1.29 is 20.1 Å². The fraction of sp³-hybridized carbons (Fsp3) is 0.222. The fourth-order valence-electron chi connectivity index (χ4n) is 1.12. The quantitative estimate of drug-likeness (QED) is 0.432. The first kappa shape index (κ1) is 10.2. The maximum absolute atomic E-state index is 10.7. The van der Waals surface area contributed by atoms with Gasteiger partial charge in [-0.15, -0.1) is 0 Å². The smallest absolute Gasteiger partial charge is 0.343 e. The van der Waals surface area contributed by atoms with E-state index in [4.69, 9.17) is 5.11 Å². The molecule has 76 valence electrons. The van der Waals surface area contributed by atoms with Crippen molar-refractivity contribution in [1.82, 2.24) is 0 Å². The summed E-state index contributed by atoms with van der Waals surface area (Å²) < 4.78 is 0. The van der Waals surface area contributed by atoms with Crippen LogP contribution in [0.5, 0.6) is 11.5 Å². The van der Waals surface area contributed by atoms with Crippen LogP contribution in [-0.4, -0.2) is 27.8 Å². The van der Waals surface area contributed by atoms with Gasteiger partial charge < -0.3 is 20.6 Å². The molecule has 0 saturated heterocycles. The molecular formula is C9H11NO4. The summed E-state index contributed by atoms with van der Waals surface area (Å²) in [7, 11) is 0. The summed E-state index contributed by atoms with van der Waals surface area (Å²) in [5, 5.41) is 30.1. The van der Waals surface area contributed by atoms with Crippen molar-refractivity contribution in [3.63, 3.8) is 0 Å². The zero-order valence-electron chi connectivity index (χ0n) is 7.61. The van der Waals surface area contributed by atoms with Crippen LogP contribution in [0.25, 0.3) is 0 Å². The van der Waals surface area contributed by atoms with Gasteiger partial charge in [-0.1, -0.05) is 0 Å². The van der Waals surface area contributed by atoms with Gasteiger partial charge in [0.15, 0.2) is 5.75 Å². The number of carboxylic acid groups (broad SMARTS) is 1. The summed E-state index contributed by atoms with van der Waals surface area (Å²) in [5.74, 6) is -2.25. The third-order valence-electron chi connectivity index (χ3n) is 1.74. The first-order valence-electron chi connectivity index (χ1n) is 4.10. The van der Waals surface area contributed by atoms with Crippen LogP contribution in [0.4, 0.5) is 5.69 Å². The highest BCUT2D eigenvalue weighted by atomic mass is 16.4. The largest absolute Gasteiger partial charge is 0.507 e. The van der Waals surface area contributed by atoms with Crippen molar-refractivity contribution in [3.8, 4) is 11.5 Å². The molecule has 0 spiro atoms. The van der Waals surface area contributed by atoms with Crippen LogP contribution in [0, 0.1) is 0 Å². The Morgan fingerprint density at radius 1 is 1.43 bits per heavy atom. The predicted molar refractivity (Wildman–Crippen MR) is 50.9 cm³/mol. The summed E-state index contributed by atoms with van der Waals surface area (Å²) in [5.41, 5.74) is -0.189. The molecule has 0 aromatic heterocycles. The van der Waals surface area contributed by atoms with Crippen molar-refractivity contribution in [2.45, 2.75) is 6.92 Å². The molecule has 0 fully saturated rings. The Bertz CT molecular complexity index is 362. The molecule has 0 aliphatic rings. The van der Waals surface area contributed by atoms with Crippen molar-refractivity contribution >= 4 is 11.7 Å². The maximum atomic E-state index is 10.7. The minimum absolute atomic E-state index is 0.294. The maximum Gasteiger partial charge on any atom is 0.343 e. The molecule has 0 amide bonds. The van der Waals surface area contributed by atoms with Gasteiger partial charge >= 0.3 is 5.97 Å². The van der Waals surface area contributed by atoms with Crippen LogP contribution < -0.4 is 5.32 Å². The summed E-state index contributed by atoms with van der Waals surface area (Å²) in [6.07, 6.45) is 0. The minimum atomic E-state index is -1.36. The standard InChI is InChI=1S/C9H11NO4/c1-2-10-5-3-4-6(11)7(8(5)12)9(13)14/h3-4,10-12H,2H2,1H3,(H,13,14). The van der Waals surface area contributed by atoms with E-state index < -0.39 is 23.0 Å². The summed E-state index contributed by atoms with van der Waals surface area (Å²) >= 11 is 0. The van der Waals surface area contributed by atoms with Gasteiger partial charge in [0.05, 0.1) is 5.69 Å². The normalized spacial score (nSPS) is 9.79. The Hall–Kier alpha value is -1.91. The zero-order chi connectivity index (χ0) is 10.7. The number of carbonyl (C=O) groups is 1. The molecule has 1 aromatic carbocycles.